The lowest BCUT2D eigenvalue weighted by Crippen LogP contribution is -2.34. The summed E-state index contributed by atoms with van der Waals surface area (Å²) in [6.07, 6.45) is 5.30. The number of carbonyl (C=O) groups excluding carboxylic acids is 1. The van der Waals surface area contributed by atoms with E-state index >= 15 is 0 Å². The maximum Gasteiger partial charge on any atom is 0.267 e. The lowest BCUT2D eigenvalue weighted by Gasteiger charge is -2.18. The molecule has 1 aromatic rings. The summed E-state index contributed by atoms with van der Waals surface area (Å²) < 4.78 is 0.948. The Morgan fingerprint density at radius 3 is 2.85 bits per heavy atom. The van der Waals surface area contributed by atoms with Gasteiger partial charge in [0.1, 0.15) is 5.82 Å². The summed E-state index contributed by atoms with van der Waals surface area (Å²) in [5.74, 6) is 0.214. The van der Waals surface area contributed by atoms with Crippen LogP contribution in [0.2, 0.25) is 0 Å². The number of halogens is 1. The van der Waals surface area contributed by atoms with E-state index in [0.29, 0.717) is 0 Å². The van der Waals surface area contributed by atoms with Gasteiger partial charge >= 0.3 is 0 Å². The molecule has 0 aliphatic carbocycles. The monoisotopic (exact) mass is 390 g/mol. The van der Waals surface area contributed by atoms with E-state index in [9.17, 15) is 4.79 Å². The van der Waals surface area contributed by atoms with E-state index in [1.54, 1.807) is 12.3 Å². The molecule has 0 bridgehead atoms. The maximum atomic E-state index is 10.9. The zero-order valence-corrected chi connectivity index (χ0v) is 13.6. The van der Waals surface area contributed by atoms with Crippen LogP contribution in [0, 0.1) is 3.57 Å². The van der Waals surface area contributed by atoms with Crippen molar-refractivity contribution in [2.24, 2.45) is 5.73 Å². The molecule has 20 heavy (non-hydrogen) atoms. The third-order valence-corrected chi connectivity index (χ3v) is 3.28. The molecular weight excluding hydrogens is 371 g/mol. The van der Waals surface area contributed by atoms with E-state index in [2.05, 4.69) is 32.9 Å². The van der Waals surface area contributed by atoms with Gasteiger partial charge in [-0.25, -0.2) is 10.5 Å². The highest BCUT2D eigenvalue weighted by Gasteiger charge is 2.10. The van der Waals surface area contributed by atoms with Crippen molar-refractivity contribution in [3.63, 3.8) is 0 Å². The molecule has 1 aromatic heterocycles. The number of rotatable bonds is 6. The van der Waals surface area contributed by atoms with Crippen LogP contribution in [0.1, 0.15) is 25.8 Å². The van der Waals surface area contributed by atoms with Gasteiger partial charge in [-0.15, -0.1) is 0 Å². The third-order valence-electron chi connectivity index (χ3n) is 2.46. The number of aromatic nitrogens is 1. The second-order valence-electron chi connectivity index (χ2n) is 5.07. The van der Waals surface area contributed by atoms with E-state index in [0.717, 1.165) is 27.9 Å². The Bertz CT molecular complexity index is 498. The molecule has 110 valence electrons. The molecule has 0 aliphatic heterocycles. The first-order valence-electron chi connectivity index (χ1n) is 6.12. The normalized spacial score (nSPS) is 11.7. The zero-order chi connectivity index (χ0) is 15.2. The van der Waals surface area contributed by atoms with Gasteiger partial charge in [-0.3, -0.25) is 10.0 Å². The highest BCUT2D eigenvalue weighted by molar-refractivity contribution is 14.1. The maximum absolute atomic E-state index is 10.9. The van der Waals surface area contributed by atoms with Crippen LogP contribution in [0.4, 0.5) is 5.82 Å². The first kappa shape index (κ1) is 16.9. The Morgan fingerprint density at radius 2 is 2.30 bits per heavy atom. The zero-order valence-electron chi connectivity index (χ0n) is 11.5. The molecule has 6 nitrogen and oxygen atoms in total. The quantitative estimate of drug-likeness (QED) is 0.257. The molecule has 1 rings (SSSR count). The molecule has 0 spiro atoms. The smallest absolute Gasteiger partial charge is 0.267 e. The van der Waals surface area contributed by atoms with Crippen LogP contribution < -0.4 is 16.5 Å². The lowest BCUT2D eigenvalue weighted by molar-refractivity contribution is -0.124. The minimum absolute atomic E-state index is 0.210. The minimum Gasteiger partial charge on any atom is -0.369 e. The number of pyridine rings is 1. The fourth-order valence-electron chi connectivity index (χ4n) is 1.39. The van der Waals surface area contributed by atoms with Crippen molar-refractivity contribution in [3.05, 3.63) is 27.5 Å². The predicted molar refractivity (Wildman–Crippen MR) is 87.3 cm³/mol. The largest absolute Gasteiger partial charge is 0.369 e. The van der Waals surface area contributed by atoms with Gasteiger partial charge in [-0.1, -0.05) is 0 Å². The highest BCUT2D eigenvalue weighted by atomic mass is 127. The summed E-state index contributed by atoms with van der Waals surface area (Å²) in [5, 5.41) is 11.6. The van der Waals surface area contributed by atoms with E-state index in [1.165, 1.54) is 11.6 Å². The first-order chi connectivity index (χ1) is 9.31. The van der Waals surface area contributed by atoms with E-state index in [4.69, 9.17) is 10.9 Å². The van der Waals surface area contributed by atoms with Gasteiger partial charge in [0, 0.05) is 24.4 Å². The average molecular weight is 390 g/mol. The van der Waals surface area contributed by atoms with Crippen LogP contribution in [-0.2, 0) is 4.79 Å². The van der Waals surface area contributed by atoms with Gasteiger partial charge < -0.3 is 11.1 Å². The molecule has 0 aromatic carbocycles. The van der Waals surface area contributed by atoms with Crippen molar-refractivity contribution in [2.45, 2.75) is 25.8 Å². The second kappa shape index (κ2) is 7.55. The molecule has 0 saturated heterocycles. The molecule has 0 aliphatic rings. The molecule has 0 radical (unpaired) electrons. The Morgan fingerprint density at radius 1 is 1.60 bits per heavy atom. The van der Waals surface area contributed by atoms with Crippen molar-refractivity contribution in [2.75, 3.05) is 11.9 Å². The Kier molecular flexibility index (Phi) is 6.37. The van der Waals surface area contributed by atoms with E-state index in [-0.39, 0.29) is 5.54 Å². The summed E-state index contributed by atoms with van der Waals surface area (Å²) in [6, 6.07) is 1.89. The number of carbonyl (C=O) groups is 1. The van der Waals surface area contributed by atoms with Crippen molar-refractivity contribution >= 4 is 40.4 Å². The minimum atomic E-state index is -0.576. The number of amides is 1. The summed E-state index contributed by atoms with van der Waals surface area (Å²) in [4.78, 5) is 15.2. The van der Waals surface area contributed by atoms with Crippen LogP contribution in [0.25, 0.3) is 6.08 Å². The van der Waals surface area contributed by atoms with Gasteiger partial charge in [0.25, 0.3) is 5.91 Å². The summed E-state index contributed by atoms with van der Waals surface area (Å²) in [6.45, 7) is 4.70. The van der Waals surface area contributed by atoms with Crippen molar-refractivity contribution < 1.29 is 10.0 Å². The van der Waals surface area contributed by atoms with Crippen LogP contribution >= 0.6 is 22.6 Å². The SMILES string of the molecule is CC(C)(N)CCNc1ncc(/C=C/C(=O)NO)cc1I. The fraction of sp³-hybridized carbons (Fsp3) is 0.385. The molecule has 5 N–H and O–H groups in total. The number of hydroxylamine groups is 1. The number of hydrogen-bond donors (Lipinski definition) is 4. The number of anilines is 1. The number of nitrogens with zero attached hydrogens (tertiary/aromatic N) is 1. The number of hydrogen-bond acceptors (Lipinski definition) is 5. The topological polar surface area (TPSA) is 100 Å². The Balaban J connectivity index is 2.64. The molecule has 1 heterocycles. The molecule has 1 amide bonds. The fourth-order valence-corrected chi connectivity index (χ4v) is 2.08. The van der Waals surface area contributed by atoms with Gasteiger partial charge in [0.15, 0.2) is 0 Å². The highest BCUT2D eigenvalue weighted by Crippen LogP contribution is 2.18. The average Bonchev–Trinajstić information content (AvgIpc) is 2.36. The molecule has 0 fully saturated rings. The van der Waals surface area contributed by atoms with Crippen LogP contribution in [0.5, 0.6) is 0 Å². The summed E-state index contributed by atoms with van der Waals surface area (Å²) >= 11 is 2.17. The number of nitrogens with two attached hydrogens (primary N) is 1. The Hall–Kier alpha value is -1.19. The van der Waals surface area contributed by atoms with Crippen LogP contribution in [-0.4, -0.2) is 28.2 Å². The van der Waals surface area contributed by atoms with Gasteiger partial charge in [-0.05, 0) is 60.6 Å². The molecule has 7 heteroatoms. The van der Waals surface area contributed by atoms with Gasteiger partial charge in [0.05, 0.1) is 3.57 Å². The standard InChI is InChI=1S/C13H19IN4O2/c1-13(2,15)5-6-16-12-10(14)7-9(8-17-12)3-4-11(19)18-20/h3-4,7-8,20H,5-6,15H2,1-2H3,(H,16,17)(H,18,19)/b4-3+. The molecule has 0 atom stereocenters. The van der Waals surface area contributed by atoms with E-state index in [1.807, 2.05) is 19.9 Å². The van der Waals surface area contributed by atoms with Crippen molar-refractivity contribution in [1.82, 2.24) is 10.5 Å². The third kappa shape index (κ3) is 6.31. The van der Waals surface area contributed by atoms with Gasteiger partial charge in [-0.2, -0.15) is 0 Å². The summed E-state index contributed by atoms with van der Waals surface area (Å²) in [7, 11) is 0. The molecular formula is C13H19IN4O2. The Labute approximate surface area is 131 Å². The first-order valence-corrected chi connectivity index (χ1v) is 7.20. The molecule has 0 unspecified atom stereocenters. The molecule has 0 saturated carbocycles. The van der Waals surface area contributed by atoms with Crippen molar-refractivity contribution in [1.29, 1.82) is 0 Å². The second-order valence-corrected chi connectivity index (χ2v) is 6.24. The lowest BCUT2D eigenvalue weighted by atomic mass is 10.0. The predicted octanol–water partition coefficient (Wildman–Crippen LogP) is 1.74. The van der Waals surface area contributed by atoms with Crippen LogP contribution in [0.15, 0.2) is 18.3 Å². The number of nitrogens with one attached hydrogen (secondary N) is 2. The van der Waals surface area contributed by atoms with Crippen LogP contribution in [0.3, 0.4) is 0 Å². The van der Waals surface area contributed by atoms with Gasteiger partial charge in [0.2, 0.25) is 0 Å². The van der Waals surface area contributed by atoms with E-state index < -0.39 is 5.91 Å². The van der Waals surface area contributed by atoms with Crippen molar-refractivity contribution in [3.8, 4) is 0 Å². The summed E-state index contributed by atoms with van der Waals surface area (Å²) in [5.41, 5.74) is 8.01.